The molecular weight excluding hydrogens is 332 g/mol. The van der Waals surface area contributed by atoms with Crippen molar-refractivity contribution in [1.29, 1.82) is 0 Å². The van der Waals surface area contributed by atoms with Crippen LogP contribution in [0.2, 0.25) is 0 Å². The third-order valence-corrected chi connectivity index (χ3v) is 3.54. The third-order valence-electron chi connectivity index (χ3n) is 2.81. The van der Waals surface area contributed by atoms with E-state index in [-0.39, 0.29) is 18.3 Å². The summed E-state index contributed by atoms with van der Waals surface area (Å²) in [5, 5.41) is 15.7. The molecule has 0 unspecified atom stereocenters. The number of hydrogen-bond donors (Lipinski definition) is 3. The molecular formula is C13H16N8O2S. The van der Waals surface area contributed by atoms with Gasteiger partial charge in [0.05, 0.1) is 17.9 Å². The van der Waals surface area contributed by atoms with Crippen LogP contribution < -0.4 is 16.8 Å². The summed E-state index contributed by atoms with van der Waals surface area (Å²) in [6, 6.07) is 5.44. The van der Waals surface area contributed by atoms with E-state index in [1.165, 1.54) is 18.4 Å². The molecule has 0 aromatic carbocycles. The maximum absolute atomic E-state index is 10.5. The van der Waals surface area contributed by atoms with Crippen LogP contribution in [0.5, 0.6) is 0 Å². The van der Waals surface area contributed by atoms with Crippen LogP contribution in [0.4, 0.5) is 5.13 Å². The smallest absolute Gasteiger partial charge is 0.259 e. The topological polar surface area (TPSA) is 158 Å². The van der Waals surface area contributed by atoms with Gasteiger partial charge < -0.3 is 16.8 Å². The molecule has 10 nitrogen and oxygen atoms in total. The molecule has 0 aliphatic carbocycles. The van der Waals surface area contributed by atoms with Crippen LogP contribution in [0.3, 0.4) is 0 Å². The molecule has 0 atom stereocenters. The summed E-state index contributed by atoms with van der Waals surface area (Å²) in [6.45, 7) is -0.0383. The van der Waals surface area contributed by atoms with E-state index in [0.29, 0.717) is 28.8 Å². The highest BCUT2D eigenvalue weighted by atomic mass is 32.1. The van der Waals surface area contributed by atoms with Gasteiger partial charge in [-0.05, 0) is 12.1 Å². The van der Waals surface area contributed by atoms with E-state index >= 15 is 0 Å². The molecule has 0 spiro atoms. The van der Waals surface area contributed by atoms with Gasteiger partial charge in [0.2, 0.25) is 5.13 Å². The summed E-state index contributed by atoms with van der Waals surface area (Å²) in [6.07, 6.45) is 0. The number of nitro groups is 1. The fourth-order valence-electron chi connectivity index (χ4n) is 1.78. The minimum absolute atomic E-state index is 0.0565. The number of pyridine rings is 1. The Labute approximate surface area is 141 Å². The van der Waals surface area contributed by atoms with Crippen molar-refractivity contribution >= 4 is 28.3 Å². The number of thiazole rings is 1. The fraction of sp³-hybridized carbons (Fsp3) is 0.231. The van der Waals surface area contributed by atoms with Gasteiger partial charge in [0.1, 0.15) is 5.69 Å². The molecule has 11 heteroatoms. The van der Waals surface area contributed by atoms with E-state index in [2.05, 4.69) is 25.3 Å². The molecule has 2 rings (SSSR count). The number of amidine groups is 1. The van der Waals surface area contributed by atoms with Crippen molar-refractivity contribution in [3.05, 3.63) is 39.4 Å². The predicted octanol–water partition coefficient (Wildman–Crippen LogP) is 0.505. The van der Waals surface area contributed by atoms with Crippen LogP contribution in [-0.2, 0) is 6.54 Å². The summed E-state index contributed by atoms with van der Waals surface area (Å²) in [5.41, 5.74) is 12.7. The third kappa shape index (κ3) is 4.98. The van der Waals surface area contributed by atoms with Crippen molar-refractivity contribution in [1.82, 2.24) is 15.3 Å². The van der Waals surface area contributed by atoms with Crippen LogP contribution in [-0.4, -0.2) is 40.3 Å². The maximum atomic E-state index is 10.5. The van der Waals surface area contributed by atoms with E-state index in [4.69, 9.17) is 11.5 Å². The molecule has 0 amide bonds. The first-order chi connectivity index (χ1) is 11.5. The zero-order valence-electron chi connectivity index (χ0n) is 12.8. The highest BCUT2D eigenvalue weighted by Gasteiger charge is 2.09. The Bertz CT molecular complexity index is 782. The average molecular weight is 348 g/mol. The Morgan fingerprint density at radius 3 is 2.83 bits per heavy atom. The van der Waals surface area contributed by atoms with Gasteiger partial charge in [-0.2, -0.15) is 4.99 Å². The summed E-state index contributed by atoms with van der Waals surface area (Å²) in [4.78, 5) is 26.6. The fourth-order valence-corrected chi connectivity index (χ4v) is 2.48. The molecule has 0 radical (unpaired) electrons. The monoisotopic (exact) mass is 348 g/mol. The van der Waals surface area contributed by atoms with Gasteiger partial charge in [0.15, 0.2) is 11.8 Å². The summed E-state index contributed by atoms with van der Waals surface area (Å²) in [5.74, 6) is 0.231. The number of nitrogens with two attached hydrogens (primary N) is 2. The summed E-state index contributed by atoms with van der Waals surface area (Å²) < 4.78 is 0. The first kappa shape index (κ1) is 17.3. The number of rotatable bonds is 6. The van der Waals surface area contributed by atoms with Gasteiger partial charge in [-0.25, -0.2) is 9.97 Å². The van der Waals surface area contributed by atoms with Gasteiger partial charge in [0.25, 0.3) is 6.54 Å². The van der Waals surface area contributed by atoms with Crippen molar-refractivity contribution in [3.8, 4) is 11.4 Å². The van der Waals surface area contributed by atoms with Gasteiger partial charge in [0, 0.05) is 17.4 Å². The number of nitrogens with one attached hydrogen (secondary N) is 1. The van der Waals surface area contributed by atoms with E-state index in [9.17, 15) is 10.1 Å². The first-order valence-corrected chi connectivity index (χ1v) is 7.68. The summed E-state index contributed by atoms with van der Waals surface area (Å²) in [7, 11) is 1.50. The number of guanidine groups is 1. The Morgan fingerprint density at radius 2 is 2.17 bits per heavy atom. The van der Waals surface area contributed by atoms with Gasteiger partial charge in [-0.3, -0.25) is 15.1 Å². The molecule has 0 bridgehead atoms. The number of hydrogen-bond acceptors (Lipinski definition) is 7. The second kappa shape index (κ2) is 7.97. The number of nitrogens with zero attached hydrogens (tertiary/aromatic N) is 5. The second-order valence-corrected chi connectivity index (χ2v) is 5.42. The first-order valence-electron chi connectivity index (χ1n) is 6.80. The number of aliphatic imine (C=N–C) groups is 2. The van der Waals surface area contributed by atoms with Crippen molar-refractivity contribution in [2.75, 3.05) is 13.6 Å². The minimum Gasteiger partial charge on any atom is -0.370 e. The lowest BCUT2D eigenvalue weighted by atomic mass is 10.2. The Balaban J connectivity index is 2.10. The van der Waals surface area contributed by atoms with Crippen LogP contribution in [0.25, 0.3) is 11.4 Å². The van der Waals surface area contributed by atoms with E-state index in [0.717, 1.165) is 0 Å². The maximum Gasteiger partial charge on any atom is 0.259 e. The molecule has 2 heterocycles. The lowest BCUT2D eigenvalue weighted by Gasteiger charge is -2.06. The molecule has 0 fully saturated rings. The largest absolute Gasteiger partial charge is 0.370 e. The van der Waals surface area contributed by atoms with Crippen molar-refractivity contribution in [2.24, 2.45) is 21.5 Å². The van der Waals surface area contributed by atoms with Crippen LogP contribution in [0.1, 0.15) is 5.69 Å². The highest BCUT2D eigenvalue weighted by Crippen LogP contribution is 2.25. The molecule has 0 saturated carbocycles. The predicted molar refractivity (Wildman–Crippen MR) is 92.9 cm³/mol. The molecule has 0 aliphatic heterocycles. The minimum atomic E-state index is -0.445. The molecule has 2 aromatic rings. The van der Waals surface area contributed by atoms with Crippen molar-refractivity contribution in [3.63, 3.8) is 0 Å². The van der Waals surface area contributed by atoms with Crippen molar-refractivity contribution in [2.45, 2.75) is 6.54 Å². The van der Waals surface area contributed by atoms with E-state index in [1.807, 2.05) is 12.1 Å². The quantitative estimate of drug-likeness (QED) is 0.297. The van der Waals surface area contributed by atoms with Gasteiger partial charge >= 0.3 is 0 Å². The zero-order chi connectivity index (χ0) is 17.5. The Morgan fingerprint density at radius 1 is 1.38 bits per heavy atom. The van der Waals surface area contributed by atoms with E-state index in [1.54, 1.807) is 11.4 Å². The summed E-state index contributed by atoms with van der Waals surface area (Å²) >= 11 is 1.30. The molecule has 0 saturated heterocycles. The molecule has 5 N–H and O–H groups in total. The molecule has 2 aromatic heterocycles. The zero-order valence-corrected chi connectivity index (χ0v) is 13.7. The average Bonchev–Trinajstić information content (AvgIpc) is 2.99. The van der Waals surface area contributed by atoms with Crippen LogP contribution >= 0.6 is 11.3 Å². The molecule has 126 valence electrons. The van der Waals surface area contributed by atoms with Crippen LogP contribution in [0, 0.1) is 10.1 Å². The van der Waals surface area contributed by atoms with Gasteiger partial charge in [-0.1, -0.05) is 6.07 Å². The lowest BCUT2D eigenvalue weighted by molar-refractivity contribution is -0.463. The van der Waals surface area contributed by atoms with E-state index < -0.39 is 4.92 Å². The highest BCUT2D eigenvalue weighted by molar-refractivity contribution is 7.13. The SMILES string of the molecule is CN=C(C[N+](=O)[O-])NCc1cccc(-c2csc(N=C(N)N)n2)n1. The molecule has 24 heavy (non-hydrogen) atoms. The normalized spacial score (nSPS) is 11.1. The Kier molecular flexibility index (Phi) is 5.73. The standard InChI is InChI=1S/C13H16N8O2S/c1-16-11(6-21(22)23)17-5-8-3-2-4-9(18-8)10-7-24-13(19-10)20-12(14)15/h2-4,7H,5-6H2,1H3,(H,16,17)(H4,14,15,19,20). The Hall–Kier alpha value is -3.08. The molecule has 0 aliphatic rings. The van der Waals surface area contributed by atoms with Crippen LogP contribution in [0.15, 0.2) is 33.6 Å². The number of aromatic nitrogens is 2. The van der Waals surface area contributed by atoms with Crippen molar-refractivity contribution < 1.29 is 4.92 Å². The lowest BCUT2D eigenvalue weighted by Crippen LogP contribution is -2.30. The van der Waals surface area contributed by atoms with Gasteiger partial charge in [-0.15, -0.1) is 11.3 Å². The second-order valence-electron chi connectivity index (χ2n) is 4.58.